The highest BCUT2D eigenvalue weighted by molar-refractivity contribution is 5.45. The Bertz CT molecular complexity index is 693. The molecule has 5 heteroatoms. The lowest BCUT2D eigenvalue weighted by Crippen LogP contribution is -2.52. The molecule has 140 valence electrons. The molecule has 5 nitrogen and oxygen atoms in total. The molecule has 1 fully saturated rings. The van der Waals surface area contributed by atoms with Crippen LogP contribution in [-0.2, 0) is 13.1 Å². The Morgan fingerprint density at radius 2 is 1.85 bits per heavy atom. The largest absolute Gasteiger partial charge is 0.504 e. The molecule has 0 radical (unpaired) electrons. The van der Waals surface area contributed by atoms with E-state index in [4.69, 9.17) is 4.74 Å². The van der Waals surface area contributed by atoms with Gasteiger partial charge in [-0.1, -0.05) is 42.5 Å². The van der Waals surface area contributed by atoms with Crippen LogP contribution in [0.2, 0.25) is 0 Å². The average Bonchev–Trinajstić information content (AvgIpc) is 2.66. The van der Waals surface area contributed by atoms with Crippen molar-refractivity contribution < 1.29 is 14.9 Å². The van der Waals surface area contributed by atoms with E-state index in [0.717, 1.165) is 38.2 Å². The minimum Gasteiger partial charge on any atom is -0.504 e. The van der Waals surface area contributed by atoms with Crippen molar-refractivity contribution in [1.82, 2.24) is 9.80 Å². The van der Waals surface area contributed by atoms with Crippen LogP contribution in [0.4, 0.5) is 0 Å². The van der Waals surface area contributed by atoms with E-state index in [-0.39, 0.29) is 12.4 Å². The summed E-state index contributed by atoms with van der Waals surface area (Å²) in [5, 5.41) is 19.8. The molecule has 2 aromatic rings. The van der Waals surface area contributed by atoms with Crippen LogP contribution in [0, 0.1) is 0 Å². The highest BCUT2D eigenvalue weighted by Gasteiger charge is 2.27. The van der Waals surface area contributed by atoms with Crippen molar-refractivity contribution in [2.45, 2.75) is 25.6 Å². The van der Waals surface area contributed by atoms with E-state index in [0.29, 0.717) is 18.3 Å². The number of para-hydroxylation sites is 1. The molecular formula is C21H28N2O3. The van der Waals surface area contributed by atoms with Gasteiger partial charge in [0.1, 0.15) is 0 Å². The predicted octanol–water partition coefficient (Wildman–Crippen LogP) is 2.47. The first-order chi connectivity index (χ1) is 12.7. The van der Waals surface area contributed by atoms with Gasteiger partial charge in [0.2, 0.25) is 0 Å². The van der Waals surface area contributed by atoms with Crippen molar-refractivity contribution in [2.75, 3.05) is 33.4 Å². The minimum atomic E-state index is 0.189. The number of nitrogens with zero attached hydrogens (tertiary/aromatic N) is 2. The van der Waals surface area contributed by atoms with Gasteiger partial charge in [0.15, 0.2) is 11.5 Å². The maximum absolute atomic E-state index is 10.3. The molecule has 26 heavy (non-hydrogen) atoms. The van der Waals surface area contributed by atoms with Gasteiger partial charge in [0, 0.05) is 50.9 Å². The predicted molar refractivity (Wildman–Crippen MR) is 102 cm³/mol. The third-order valence-corrected chi connectivity index (χ3v) is 5.08. The number of aromatic hydroxyl groups is 1. The zero-order valence-electron chi connectivity index (χ0n) is 15.3. The zero-order valence-corrected chi connectivity index (χ0v) is 15.3. The topological polar surface area (TPSA) is 56.2 Å². The summed E-state index contributed by atoms with van der Waals surface area (Å²) in [5.41, 5.74) is 2.18. The molecule has 0 saturated carbocycles. The Morgan fingerprint density at radius 3 is 2.58 bits per heavy atom. The van der Waals surface area contributed by atoms with Crippen LogP contribution >= 0.6 is 0 Å². The van der Waals surface area contributed by atoms with Crippen LogP contribution in [0.3, 0.4) is 0 Å². The van der Waals surface area contributed by atoms with Crippen molar-refractivity contribution in [1.29, 1.82) is 0 Å². The Hall–Kier alpha value is -2.08. The van der Waals surface area contributed by atoms with Crippen LogP contribution in [0.5, 0.6) is 11.5 Å². The first-order valence-corrected chi connectivity index (χ1v) is 9.17. The van der Waals surface area contributed by atoms with E-state index in [1.54, 1.807) is 13.2 Å². The molecule has 0 spiro atoms. The normalized spacial score (nSPS) is 18.8. The molecule has 0 aromatic heterocycles. The summed E-state index contributed by atoms with van der Waals surface area (Å²) in [6, 6.07) is 16.4. The Balaban J connectivity index is 1.66. The van der Waals surface area contributed by atoms with E-state index in [9.17, 15) is 10.2 Å². The zero-order chi connectivity index (χ0) is 18.4. The molecule has 0 bridgehead atoms. The van der Waals surface area contributed by atoms with Gasteiger partial charge in [0.05, 0.1) is 7.11 Å². The molecule has 2 N–H and O–H groups in total. The molecule has 0 unspecified atom stereocenters. The number of ether oxygens (including phenoxy) is 1. The first kappa shape index (κ1) is 18.7. The maximum atomic E-state index is 10.3. The third-order valence-electron chi connectivity index (χ3n) is 5.08. The van der Waals surface area contributed by atoms with Gasteiger partial charge in [0.25, 0.3) is 0 Å². The fourth-order valence-electron chi connectivity index (χ4n) is 3.65. The van der Waals surface area contributed by atoms with Gasteiger partial charge in [-0.15, -0.1) is 0 Å². The van der Waals surface area contributed by atoms with Crippen molar-refractivity contribution in [2.24, 2.45) is 0 Å². The Morgan fingerprint density at radius 1 is 1.04 bits per heavy atom. The first-order valence-electron chi connectivity index (χ1n) is 9.17. The molecular weight excluding hydrogens is 328 g/mol. The SMILES string of the molecule is COc1cccc(CN2CCN(Cc3ccccc3)[C@H](CCO)C2)c1O. The van der Waals surface area contributed by atoms with Crippen LogP contribution < -0.4 is 4.74 Å². The van der Waals surface area contributed by atoms with E-state index < -0.39 is 0 Å². The summed E-state index contributed by atoms with van der Waals surface area (Å²) in [5.74, 6) is 0.734. The van der Waals surface area contributed by atoms with Crippen LogP contribution in [0.1, 0.15) is 17.5 Å². The molecule has 1 aliphatic rings. The molecule has 1 aliphatic heterocycles. The number of benzene rings is 2. The number of aliphatic hydroxyl groups excluding tert-OH is 1. The molecule has 0 amide bonds. The van der Waals surface area contributed by atoms with Crippen LogP contribution in [-0.4, -0.2) is 59.4 Å². The fraction of sp³-hybridized carbons (Fsp3) is 0.429. The number of phenols is 1. The molecule has 1 saturated heterocycles. The van der Waals surface area contributed by atoms with Crippen LogP contribution in [0.25, 0.3) is 0 Å². The van der Waals surface area contributed by atoms with Gasteiger partial charge in [-0.2, -0.15) is 0 Å². The molecule has 2 aromatic carbocycles. The second kappa shape index (κ2) is 9.03. The summed E-state index contributed by atoms with van der Waals surface area (Å²) in [4.78, 5) is 4.80. The lowest BCUT2D eigenvalue weighted by atomic mass is 10.1. The number of piperazine rings is 1. The Kier molecular flexibility index (Phi) is 6.50. The minimum absolute atomic E-state index is 0.189. The van der Waals surface area contributed by atoms with Crippen molar-refractivity contribution in [3.05, 3.63) is 59.7 Å². The second-order valence-corrected chi connectivity index (χ2v) is 6.83. The quantitative estimate of drug-likeness (QED) is 0.798. The van der Waals surface area contributed by atoms with E-state index in [1.165, 1.54) is 5.56 Å². The molecule has 1 atom stereocenters. The third kappa shape index (κ3) is 4.55. The summed E-state index contributed by atoms with van der Waals surface area (Å²) in [6.07, 6.45) is 0.757. The van der Waals surface area contributed by atoms with Crippen LogP contribution in [0.15, 0.2) is 48.5 Å². The van der Waals surface area contributed by atoms with Crippen molar-refractivity contribution in [3.63, 3.8) is 0 Å². The fourth-order valence-corrected chi connectivity index (χ4v) is 3.65. The Labute approximate surface area is 155 Å². The number of hydrogen-bond donors (Lipinski definition) is 2. The molecule has 3 rings (SSSR count). The lowest BCUT2D eigenvalue weighted by Gasteiger charge is -2.41. The number of hydrogen-bond acceptors (Lipinski definition) is 5. The van der Waals surface area contributed by atoms with Crippen molar-refractivity contribution >= 4 is 0 Å². The highest BCUT2D eigenvalue weighted by atomic mass is 16.5. The van der Waals surface area contributed by atoms with Gasteiger partial charge in [-0.25, -0.2) is 0 Å². The second-order valence-electron chi connectivity index (χ2n) is 6.83. The lowest BCUT2D eigenvalue weighted by molar-refractivity contribution is 0.0496. The smallest absolute Gasteiger partial charge is 0.162 e. The summed E-state index contributed by atoms with van der Waals surface area (Å²) < 4.78 is 5.21. The van der Waals surface area contributed by atoms with Gasteiger partial charge >= 0.3 is 0 Å². The number of rotatable bonds is 7. The van der Waals surface area contributed by atoms with E-state index in [1.807, 2.05) is 18.2 Å². The summed E-state index contributed by atoms with van der Waals surface area (Å²) in [6.45, 7) is 4.54. The van der Waals surface area contributed by atoms with E-state index in [2.05, 4.69) is 34.1 Å². The average molecular weight is 356 g/mol. The van der Waals surface area contributed by atoms with Gasteiger partial charge in [-0.05, 0) is 18.1 Å². The number of aliphatic hydroxyl groups is 1. The highest BCUT2D eigenvalue weighted by Crippen LogP contribution is 2.30. The summed E-state index contributed by atoms with van der Waals surface area (Å²) in [7, 11) is 1.57. The molecule has 1 heterocycles. The maximum Gasteiger partial charge on any atom is 0.162 e. The van der Waals surface area contributed by atoms with Crippen molar-refractivity contribution in [3.8, 4) is 11.5 Å². The standard InChI is InChI=1S/C21H28N2O3/c1-26-20-9-5-8-18(21(20)25)15-22-11-12-23(19(16-22)10-13-24)14-17-6-3-2-4-7-17/h2-9,19,24-25H,10-16H2,1H3/t19-/m1/s1. The van der Waals surface area contributed by atoms with E-state index >= 15 is 0 Å². The number of methoxy groups -OCH3 is 1. The van der Waals surface area contributed by atoms with Gasteiger partial charge in [-0.3, -0.25) is 9.80 Å². The monoisotopic (exact) mass is 356 g/mol. The summed E-state index contributed by atoms with van der Waals surface area (Å²) >= 11 is 0. The van der Waals surface area contributed by atoms with Gasteiger partial charge < -0.3 is 14.9 Å². The number of phenolic OH excluding ortho intramolecular Hbond substituents is 1. The molecule has 0 aliphatic carbocycles.